The molecule has 0 spiro atoms. The van der Waals surface area contributed by atoms with Crippen molar-refractivity contribution >= 4 is 34.0 Å². The van der Waals surface area contributed by atoms with Crippen LogP contribution in [0.25, 0.3) is 22.4 Å². The molecule has 0 bridgehead atoms. The van der Waals surface area contributed by atoms with Gasteiger partial charge in [0.1, 0.15) is 0 Å². The van der Waals surface area contributed by atoms with Gasteiger partial charge in [0.15, 0.2) is 4.80 Å². The Morgan fingerprint density at radius 3 is 2.14 bits per heavy atom. The zero-order valence-corrected chi connectivity index (χ0v) is 18.7. The number of para-hydroxylation sites is 1. The molecule has 1 N–H and O–H groups in total. The van der Waals surface area contributed by atoms with E-state index in [1.165, 1.54) is 11.1 Å². The van der Waals surface area contributed by atoms with Gasteiger partial charge >= 0.3 is 0 Å². The predicted octanol–water partition coefficient (Wildman–Crippen LogP) is 5.99. The highest BCUT2D eigenvalue weighted by atomic mass is 79.9. The Morgan fingerprint density at radius 1 is 0.828 bits per heavy atom. The highest BCUT2D eigenvalue weighted by Crippen LogP contribution is 2.26. The van der Waals surface area contributed by atoms with Crippen molar-refractivity contribution in [2.45, 2.75) is 13.5 Å². The Kier molecular flexibility index (Phi) is 7.20. The maximum absolute atomic E-state index is 9.59. The van der Waals surface area contributed by atoms with Crippen molar-refractivity contribution < 1.29 is 5.11 Å². The van der Waals surface area contributed by atoms with E-state index in [1.54, 1.807) is 11.3 Å². The molecule has 5 heteroatoms. The van der Waals surface area contributed by atoms with Gasteiger partial charge in [-0.3, -0.25) is 0 Å². The van der Waals surface area contributed by atoms with Gasteiger partial charge in [-0.1, -0.05) is 72.8 Å². The molecule has 0 saturated carbocycles. The van der Waals surface area contributed by atoms with Gasteiger partial charge in [0.05, 0.1) is 18.0 Å². The van der Waals surface area contributed by atoms with Gasteiger partial charge in [0.2, 0.25) is 0 Å². The number of benzene rings is 3. The molecule has 3 aromatic carbocycles. The largest absolute Gasteiger partial charge is 0.395 e. The smallest absolute Gasteiger partial charge is 0.190 e. The van der Waals surface area contributed by atoms with Crippen molar-refractivity contribution in [3.8, 4) is 22.4 Å². The Bertz CT molecular complexity index is 1130. The number of halogens is 1. The third-order valence-electron chi connectivity index (χ3n) is 4.74. The topological polar surface area (TPSA) is 37.5 Å². The number of hydrogen-bond donors (Lipinski definition) is 1. The molecular formula is C24H23BrN2OS. The van der Waals surface area contributed by atoms with Gasteiger partial charge in [0.25, 0.3) is 0 Å². The van der Waals surface area contributed by atoms with Crippen LogP contribution in [0.5, 0.6) is 0 Å². The van der Waals surface area contributed by atoms with Crippen LogP contribution in [0, 0.1) is 6.92 Å². The SMILES string of the molecule is Br.Cc1ccccc1N=c1scc(-c2ccc(-c3ccccc3)cc2)n1CCO. The van der Waals surface area contributed by atoms with Crippen molar-refractivity contribution in [2.24, 2.45) is 4.99 Å². The number of thiazole rings is 1. The molecule has 4 aromatic rings. The molecule has 0 aliphatic rings. The Morgan fingerprint density at radius 2 is 1.45 bits per heavy atom. The first-order chi connectivity index (χ1) is 13.8. The molecule has 0 unspecified atom stereocenters. The van der Waals surface area contributed by atoms with E-state index in [9.17, 15) is 5.11 Å². The summed E-state index contributed by atoms with van der Waals surface area (Å²) < 4.78 is 2.09. The van der Waals surface area contributed by atoms with Crippen LogP contribution in [0.2, 0.25) is 0 Å². The highest BCUT2D eigenvalue weighted by molar-refractivity contribution is 8.93. The Balaban J connectivity index is 0.00000240. The van der Waals surface area contributed by atoms with Crippen molar-refractivity contribution in [3.05, 3.63) is 94.6 Å². The summed E-state index contributed by atoms with van der Waals surface area (Å²) in [6, 6.07) is 27.0. The van der Waals surface area contributed by atoms with Gasteiger partial charge in [-0.25, -0.2) is 4.99 Å². The van der Waals surface area contributed by atoms with Crippen molar-refractivity contribution in [1.29, 1.82) is 0 Å². The van der Waals surface area contributed by atoms with E-state index < -0.39 is 0 Å². The normalized spacial score (nSPS) is 11.3. The summed E-state index contributed by atoms with van der Waals surface area (Å²) in [6.07, 6.45) is 0. The number of aliphatic hydroxyl groups excluding tert-OH is 1. The summed E-state index contributed by atoms with van der Waals surface area (Å²) in [5, 5.41) is 11.7. The van der Waals surface area contributed by atoms with Crippen LogP contribution in [0.4, 0.5) is 5.69 Å². The number of nitrogens with zero attached hydrogens (tertiary/aromatic N) is 2. The standard InChI is InChI=1S/C24H22N2OS.BrH/c1-18-7-5-6-10-22(18)25-24-26(15-16-27)23(17-28-24)21-13-11-20(12-14-21)19-8-3-2-4-9-19;/h2-14,17,27H,15-16H2,1H3;1H. The van der Waals surface area contributed by atoms with Crippen molar-refractivity contribution in [2.75, 3.05) is 6.61 Å². The van der Waals surface area contributed by atoms with E-state index in [0.717, 1.165) is 27.3 Å². The van der Waals surface area contributed by atoms with Crippen LogP contribution < -0.4 is 4.80 Å². The molecule has 148 valence electrons. The first kappa shape index (κ1) is 21.2. The first-order valence-corrected chi connectivity index (χ1v) is 10.2. The molecule has 0 amide bonds. The molecule has 1 heterocycles. The molecule has 0 fully saturated rings. The molecule has 29 heavy (non-hydrogen) atoms. The van der Waals surface area contributed by atoms with E-state index in [-0.39, 0.29) is 23.6 Å². The third-order valence-corrected chi connectivity index (χ3v) is 5.60. The van der Waals surface area contributed by atoms with Gasteiger partial charge in [-0.2, -0.15) is 0 Å². The molecule has 0 aliphatic carbocycles. The zero-order valence-electron chi connectivity index (χ0n) is 16.2. The molecule has 1 aromatic heterocycles. The number of aryl methyl sites for hydroxylation is 1. The number of aromatic nitrogens is 1. The lowest BCUT2D eigenvalue weighted by Gasteiger charge is -2.09. The summed E-state index contributed by atoms with van der Waals surface area (Å²) in [5.74, 6) is 0. The monoisotopic (exact) mass is 466 g/mol. The number of rotatable bonds is 5. The van der Waals surface area contributed by atoms with E-state index in [4.69, 9.17) is 4.99 Å². The Labute approximate surface area is 185 Å². The average molecular weight is 467 g/mol. The van der Waals surface area contributed by atoms with Crippen LogP contribution >= 0.6 is 28.3 Å². The minimum absolute atomic E-state index is 0. The summed E-state index contributed by atoms with van der Waals surface area (Å²) in [7, 11) is 0. The molecule has 0 radical (unpaired) electrons. The van der Waals surface area contributed by atoms with E-state index >= 15 is 0 Å². The Hall–Kier alpha value is -2.47. The molecule has 3 nitrogen and oxygen atoms in total. The van der Waals surface area contributed by atoms with E-state index in [2.05, 4.69) is 71.5 Å². The average Bonchev–Trinajstić information content (AvgIpc) is 3.13. The fourth-order valence-electron chi connectivity index (χ4n) is 3.22. The second-order valence-corrected chi connectivity index (χ2v) is 7.46. The van der Waals surface area contributed by atoms with Gasteiger partial charge < -0.3 is 9.67 Å². The summed E-state index contributed by atoms with van der Waals surface area (Å²) in [5.41, 5.74) is 6.69. The minimum Gasteiger partial charge on any atom is -0.395 e. The molecule has 4 rings (SSSR count). The zero-order chi connectivity index (χ0) is 19.3. The van der Waals surface area contributed by atoms with Crippen LogP contribution in [0.3, 0.4) is 0 Å². The van der Waals surface area contributed by atoms with Crippen LogP contribution in [-0.2, 0) is 6.54 Å². The lowest BCUT2D eigenvalue weighted by molar-refractivity contribution is 0.275. The van der Waals surface area contributed by atoms with E-state index in [0.29, 0.717) is 6.54 Å². The molecule has 0 atom stereocenters. The number of hydrogen-bond acceptors (Lipinski definition) is 3. The summed E-state index contributed by atoms with van der Waals surface area (Å²) in [4.78, 5) is 5.73. The van der Waals surface area contributed by atoms with Gasteiger partial charge in [-0.15, -0.1) is 28.3 Å². The minimum atomic E-state index is 0. The first-order valence-electron chi connectivity index (χ1n) is 9.31. The lowest BCUT2D eigenvalue weighted by atomic mass is 10.0. The number of aliphatic hydroxyl groups is 1. The molecular weight excluding hydrogens is 444 g/mol. The second-order valence-electron chi connectivity index (χ2n) is 6.62. The van der Waals surface area contributed by atoms with Crippen LogP contribution in [0.15, 0.2) is 89.2 Å². The van der Waals surface area contributed by atoms with Crippen LogP contribution in [-0.4, -0.2) is 16.3 Å². The van der Waals surface area contributed by atoms with Gasteiger partial charge in [0, 0.05) is 11.9 Å². The summed E-state index contributed by atoms with van der Waals surface area (Å²) in [6.45, 7) is 2.66. The highest BCUT2D eigenvalue weighted by Gasteiger charge is 2.09. The fourth-order valence-corrected chi connectivity index (χ4v) is 4.17. The van der Waals surface area contributed by atoms with Gasteiger partial charge in [-0.05, 0) is 35.2 Å². The second kappa shape index (κ2) is 9.83. The van der Waals surface area contributed by atoms with E-state index in [1.807, 2.05) is 24.3 Å². The third kappa shape index (κ3) is 4.75. The fraction of sp³-hybridized carbons (Fsp3) is 0.125. The summed E-state index contributed by atoms with van der Waals surface area (Å²) >= 11 is 1.60. The molecule has 0 saturated heterocycles. The van der Waals surface area contributed by atoms with Crippen LogP contribution in [0.1, 0.15) is 5.56 Å². The van der Waals surface area contributed by atoms with Crippen molar-refractivity contribution in [3.63, 3.8) is 0 Å². The maximum atomic E-state index is 9.59. The quantitative estimate of drug-likeness (QED) is 0.385. The van der Waals surface area contributed by atoms with Crippen molar-refractivity contribution in [1.82, 2.24) is 4.57 Å². The molecule has 0 aliphatic heterocycles. The lowest BCUT2D eigenvalue weighted by Crippen LogP contribution is -2.18. The predicted molar refractivity (Wildman–Crippen MR) is 127 cm³/mol. The maximum Gasteiger partial charge on any atom is 0.190 e.